The molecule has 1 atom stereocenters. The van der Waals surface area contributed by atoms with Crippen LogP contribution in [0.2, 0.25) is 0 Å². The van der Waals surface area contributed by atoms with Crippen LogP contribution in [0.4, 0.5) is 4.79 Å². The van der Waals surface area contributed by atoms with Crippen LogP contribution < -0.4 is 11.5 Å². The zero-order valence-electron chi connectivity index (χ0n) is 21.9. The first-order valence-electron chi connectivity index (χ1n) is 13.4. The van der Waals surface area contributed by atoms with Crippen LogP contribution >= 0.6 is 15.9 Å². The molecule has 2 aromatic rings. The van der Waals surface area contributed by atoms with Crippen LogP contribution in [0.3, 0.4) is 0 Å². The van der Waals surface area contributed by atoms with Crippen LogP contribution in [0, 0.1) is 12.8 Å². The van der Waals surface area contributed by atoms with Gasteiger partial charge in [0.05, 0.1) is 11.7 Å². The number of aryl methyl sites for hydroxylation is 3. The second kappa shape index (κ2) is 11.4. The van der Waals surface area contributed by atoms with E-state index in [1.54, 1.807) is 0 Å². The lowest BCUT2D eigenvalue weighted by Crippen LogP contribution is -2.50. The fraction of sp³-hybridized carbons (Fsp3) is 0.500. The molecule has 4 N–H and O–H groups in total. The number of nitrogens with two attached hydrogens (primary N) is 2. The number of fused-ring (bicyclic) bond motifs is 2. The number of carbonyl (C=O) groups excluding carboxylic acids is 2. The maximum Gasteiger partial charge on any atom is 0.341 e. The summed E-state index contributed by atoms with van der Waals surface area (Å²) in [6, 6.07) is 8.33. The summed E-state index contributed by atoms with van der Waals surface area (Å²) in [5, 5.41) is 0. The van der Waals surface area contributed by atoms with E-state index in [0.717, 1.165) is 62.0 Å². The van der Waals surface area contributed by atoms with Crippen molar-refractivity contribution in [3.8, 4) is 0 Å². The number of carbonyl (C=O) groups is 2. The van der Waals surface area contributed by atoms with Crippen LogP contribution in [-0.4, -0.2) is 76.9 Å². The third-order valence-electron chi connectivity index (χ3n) is 8.14. The number of hydrogen-bond donors (Lipinski definition) is 2. The highest BCUT2D eigenvalue weighted by atomic mass is 79.9. The minimum absolute atomic E-state index is 0.102. The van der Waals surface area contributed by atoms with Crippen molar-refractivity contribution in [2.24, 2.45) is 22.4 Å². The number of piperazine rings is 1. The molecule has 1 unspecified atom stereocenters. The van der Waals surface area contributed by atoms with Crippen molar-refractivity contribution < 1.29 is 9.59 Å². The Bertz CT molecular complexity index is 1180. The quantitative estimate of drug-likeness (QED) is 0.424. The van der Waals surface area contributed by atoms with Gasteiger partial charge in [0.15, 0.2) is 0 Å². The van der Waals surface area contributed by atoms with Gasteiger partial charge in [0.2, 0.25) is 11.9 Å². The van der Waals surface area contributed by atoms with Crippen molar-refractivity contribution in [1.29, 1.82) is 0 Å². The van der Waals surface area contributed by atoms with E-state index in [9.17, 15) is 9.59 Å². The molecule has 2 saturated heterocycles. The van der Waals surface area contributed by atoms with Gasteiger partial charge in [0, 0.05) is 56.4 Å². The molecular weight excluding hydrogens is 546 g/mol. The molecule has 1 aliphatic carbocycles. The molecule has 0 saturated carbocycles. The Morgan fingerprint density at radius 2 is 1.71 bits per heavy atom. The number of piperidine rings is 1. The van der Waals surface area contributed by atoms with Gasteiger partial charge in [0.1, 0.15) is 0 Å². The lowest BCUT2D eigenvalue weighted by Gasteiger charge is -2.40. The van der Waals surface area contributed by atoms with E-state index in [4.69, 9.17) is 16.5 Å². The number of aromatic nitrogens is 1. The maximum absolute atomic E-state index is 13.2. The van der Waals surface area contributed by atoms with Gasteiger partial charge < -0.3 is 21.3 Å². The molecule has 38 heavy (non-hydrogen) atoms. The van der Waals surface area contributed by atoms with Crippen LogP contribution in [0.15, 0.2) is 39.9 Å². The van der Waals surface area contributed by atoms with Crippen LogP contribution in [0.25, 0.3) is 0 Å². The van der Waals surface area contributed by atoms with Crippen molar-refractivity contribution in [3.05, 3.63) is 62.9 Å². The highest BCUT2D eigenvalue weighted by Crippen LogP contribution is 2.37. The highest BCUT2D eigenvalue weighted by molar-refractivity contribution is 9.10. The molecule has 10 heteroatoms. The standard InChI is InChI=1S/C28H36BrN7O2/c1-18-2-5-23-20(14-18)3-4-21-16-22(29)17-32-25(21)26(23)35-12-10-34(11-13-35)24(37)15-19-6-8-36(9-7-19)27(30)33-28(31)38/h2,5,14,16-17,19,26H,3-4,6-13,15H2,1H3,(H4,30,31,33,38). The molecule has 3 aliphatic rings. The number of pyridine rings is 1. The first kappa shape index (κ1) is 26.6. The Kier molecular flexibility index (Phi) is 7.99. The van der Waals surface area contributed by atoms with Gasteiger partial charge in [-0.2, -0.15) is 4.99 Å². The Labute approximate surface area is 232 Å². The number of rotatable bonds is 3. The number of benzene rings is 1. The molecule has 5 rings (SSSR count). The van der Waals surface area contributed by atoms with Crippen molar-refractivity contribution in [3.63, 3.8) is 0 Å². The molecule has 0 spiro atoms. The predicted octanol–water partition coefficient (Wildman–Crippen LogP) is 2.98. The molecule has 2 fully saturated rings. The van der Waals surface area contributed by atoms with Crippen LogP contribution in [0.1, 0.15) is 53.3 Å². The van der Waals surface area contributed by atoms with E-state index in [0.29, 0.717) is 25.4 Å². The van der Waals surface area contributed by atoms with Crippen molar-refractivity contribution >= 4 is 33.8 Å². The molecule has 3 amide bonds. The van der Waals surface area contributed by atoms with Gasteiger partial charge in [-0.15, -0.1) is 0 Å². The summed E-state index contributed by atoms with van der Waals surface area (Å²) in [6.07, 6.45) is 6.13. The van der Waals surface area contributed by atoms with Crippen LogP contribution in [-0.2, 0) is 17.6 Å². The SMILES string of the molecule is Cc1ccc2c(c1)CCc1cc(Br)cnc1C2N1CCN(C(=O)CC2CCN(/C(N)=N/C(N)=O)CC2)CC1. The van der Waals surface area contributed by atoms with Gasteiger partial charge in [-0.25, -0.2) is 4.79 Å². The lowest BCUT2D eigenvalue weighted by atomic mass is 9.92. The summed E-state index contributed by atoms with van der Waals surface area (Å²) >= 11 is 3.61. The molecular formula is C28H36BrN7O2. The Balaban J connectivity index is 1.23. The number of halogens is 1. The number of hydrogen-bond acceptors (Lipinski definition) is 4. The Morgan fingerprint density at radius 3 is 2.42 bits per heavy atom. The molecule has 1 aromatic carbocycles. The highest BCUT2D eigenvalue weighted by Gasteiger charge is 2.34. The number of primary amides is 1. The van der Waals surface area contributed by atoms with Gasteiger partial charge in [0.25, 0.3) is 0 Å². The van der Waals surface area contributed by atoms with Crippen molar-refractivity contribution in [2.45, 2.75) is 45.1 Å². The van der Waals surface area contributed by atoms with E-state index < -0.39 is 6.03 Å². The normalized spacial score (nSPS) is 21.0. The summed E-state index contributed by atoms with van der Waals surface area (Å²) in [4.78, 5) is 39.1. The summed E-state index contributed by atoms with van der Waals surface area (Å²) < 4.78 is 1.02. The zero-order chi connectivity index (χ0) is 26.8. The number of amides is 3. The summed E-state index contributed by atoms with van der Waals surface area (Å²) in [5.74, 6) is 0.697. The number of likely N-dealkylation sites (tertiary alicyclic amines) is 1. The Morgan fingerprint density at radius 1 is 1.00 bits per heavy atom. The van der Waals surface area contributed by atoms with Gasteiger partial charge >= 0.3 is 6.03 Å². The molecule has 9 nitrogen and oxygen atoms in total. The van der Waals surface area contributed by atoms with E-state index in [1.165, 1.54) is 22.3 Å². The summed E-state index contributed by atoms with van der Waals surface area (Å²) in [5.41, 5.74) is 17.4. The third kappa shape index (κ3) is 5.86. The molecule has 0 bridgehead atoms. The number of guanidine groups is 1. The summed E-state index contributed by atoms with van der Waals surface area (Å²) in [6.45, 7) is 6.59. The number of nitrogens with zero attached hydrogens (tertiary/aromatic N) is 5. The fourth-order valence-corrected chi connectivity index (χ4v) is 6.48. The molecule has 0 radical (unpaired) electrons. The Hall–Kier alpha value is -2.98. The zero-order valence-corrected chi connectivity index (χ0v) is 23.5. The van der Waals surface area contributed by atoms with Gasteiger partial charge in [-0.05, 0) is 77.2 Å². The minimum atomic E-state index is -0.784. The number of aliphatic imine (C=N–C) groups is 1. The predicted molar refractivity (Wildman–Crippen MR) is 151 cm³/mol. The minimum Gasteiger partial charge on any atom is -0.369 e. The molecule has 3 heterocycles. The number of urea groups is 1. The van der Waals surface area contributed by atoms with Gasteiger partial charge in [-0.1, -0.05) is 23.8 Å². The second-order valence-corrected chi connectivity index (χ2v) is 11.6. The second-order valence-electron chi connectivity index (χ2n) is 10.7. The van der Waals surface area contributed by atoms with Gasteiger partial charge in [-0.3, -0.25) is 14.7 Å². The lowest BCUT2D eigenvalue weighted by molar-refractivity contribution is -0.134. The van der Waals surface area contributed by atoms with E-state index >= 15 is 0 Å². The molecule has 1 aromatic heterocycles. The van der Waals surface area contributed by atoms with E-state index in [2.05, 4.69) is 57.0 Å². The fourth-order valence-electron chi connectivity index (χ4n) is 6.10. The smallest absolute Gasteiger partial charge is 0.341 e. The topological polar surface area (TPSA) is 121 Å². The van der Waals surface area contributed by atoms with Crippen molar-refractivity contribution in [1.82, 2.24) is 19.7 Å². The summed E-state index contributed by atoms with van der Waals surface area (Å²) in [7, 11) is 0. The maximum atomic E-state index is 13.2. The largest absolute Gasteiger partial charge is 0.369 e. The van der Waals surface area contributed by atoms with E-state index in [1.807, 2.05) is 16.0 Å². The van der Waals surface area contributed by atoms with E-state index in [-0.39, 0.29) is 17.9 Å². The molecule has 202 valence electrons. The third-order valence-corrected chi connectivity index (χ3v) is 8.58. The molecule has 2 aliphatic heterocycles. The van der Waals surface area contributed by atoms with Crippen molar-refractivity contribution in [2.75, 3.05) is 39.3 Å². The average molecular weight is 583 g/mol. The van der Waals surface area contributed by atoms with Crippen LogP contribution in [0.5, 0.6) is 0 Å². The first-order chi connectivity index (χ1) is 18.3. The first-order valence-corrected chi connectivity index (χ1v) is 14.2. The monoisotopic (exact) mass is 581 g/mol. The average Bonchev–Trinajstić information content (AvgIpc) is 3.05.